The molecule has 5 heterocycles. The molecule has 4 aliphatic carbocycles. The fraction of sp³-hybridized carbons (Fsp3) is 0.936. The highest BCUT2D eigenvalue weighted by Gasteiger charge is 2.68. The lowest BCUT2D eigenvalue weighted by molar-refractivity contribution is -0.386. The molecule has 382 valence electrons. The van der Waals surface area contributed by atoms with Crippen molar-refractivity contribution in [1.29, 1.82) is 0 Å². The fourth-order valence-electron chi connectivity index (χ4n) is 14.1. The summed E-state index contributed by atoms with van der Waals surface area (Å²) in [5.74, 6) is 0.568. The highest BCUT2D eigenvalue weighted by Crippen LogP contribution is 2.70. The molecule has 0 spiro atoms. The van der Waals surface area contributed by atoms with Crippen LogP contribution in [0, 0.1) is 34.5 Å². The van der Waals surface area contributed by atoms with Crippen LogP contribution >= 0.6 is 0 Å². The molecule has 67 heavy (non-hydrogen) atoms. The number of esters is 1. The van der Waals surface area contributed by atoms with Gasteiger partial charge in [-0.2, -0.15) is 0 Å². The van der Waals surface area contributed by atoms with Crippen LogP contribution in [0.4, 0.5) is 0 Å². The van der Waals surface area contributed by atoms with E-state index in [9.17, 15) is 55.9 Å². The zero-order valence-electron chi connectivity index (χ0n) is 39.1. The topological polar surface area (TPSA) is 302 Å². The van der Waals surface area contributed by atoms with Gasteiger partial charge in [-0.1, -0.05) is 13.8 Å². The van der Waals surface area contributed by atoms with E-state index in [-0.39, 0.29) is 34.7 Å². The van der Waals surface area contributed by atoms with Crippen LogP contribution in [-0.4, -0.2) is 198 Å². The highest BCUT2D eigenvalue weighted by molar-refractivity contribution is 5.85. The van der Waals surface area contributed by atoms with Gasteiger partial charge in [-0.25, -0.2) is 4.79 Å². The minimum absolute atomic E-state index is 0.0390. The number of carbonyl (C=O) groups is 1. The van der Waals surface area contributed by atoms with Gasteiger partial charge in [0.2, 0.25) is 0 Å². The molecule has 28 atom stereocenters. The predicted molar refractivity (Wildman–Crippen MR) is 227 cm³/mol. The van der Waals surface area contributed by atoms with Crippen LogP contribution in [0.15, 0.2) is 11.6 Å². The first kappa shape index (κ1) is 50.4. The van der Waals surface area contributed by atoms with Crippen LogP contribution < -0.4 is 0 Å². The third-order valence-electron chi connectivity index (χ3n) is 18.3. The SMILES string of the molecule is CC1OC(O[C@@H]2[C@H](O)C(O[C@@H]3[C@H](O)C(O[C@H]4CCC5(C)C6CCC7(C)[C@@H](C8=CC(=O)OC8)CC[C@]7(O)C6CC[C@@H]5C4)OC(C)[C@@H]3O)OC(C)[C@@H]2O)[C@@H](O)[C@@H](OC2O[C@@H](C)[C@@H](O)C(O)C2O)[C@H]1O. The van der Waals surface area contributed by atoms with Crippen LogP contribution in [0.5, 0.6) is 0 Å². The number of carbonyl (C=O) groups excluding carboxylic acids is 1. The van der Waals surface area contributed by atoms with Crippen molar-refractivity contribution in [2.45, 2.75) is 234 Å². The second-order valence-corrected chi connectivity index (χ2v) is 21.9. The van der Waals surface area contributed by atoms with Crippen molar-refractivity contribution in [3.8, 4) is 0 Å². The Hall–Kier alpha value is -1.51. The molecule has 5 aliphatic heterocycles. The fourth-order valence-corrected chi connectivity index (χ4v) is 14.1. The van der Waals surface area contributed by atoms with Crippen molar-refractivity contribution in [2.75, 3.05) is 6.61 Å². The van der Waals surface area contributed by atoms with Gasteiger partial charge in [0.05, 0.1) is 36.1 Å². The minimum atomic E-state index is -1.81. The van der Waals surface area contributed by atoms with E-state index in [1.54, 1.807) is 13.0 Å². The average molecular weight is 959 g/mol. The monoisotopic (exact) mass is 958 g/mol. The van der Waals surface area contributed by atoms with Gasteiger partial charge in [0.1, 0.15) is 79.9 Å². The molecule has 0 aromatic carbocycles. The maximum absolute atomic E-state index is 12.7. The Bertz CT molecular complexity index is 1810. The van der Waals surface area contributed by atoms with Gasteiger partial charge < -0.3 is 93.7 Å². The minimum Gasteiger partial charge on any atom is -0.458 e. The van der Waals surface area contributed by atoms with Gasteiger partial charge >= 0.3 is 5.97 Å². The van der Waals surface area contributed by atoms with Gasteiger partial charge in [0, 0.05) is 11.5 Å². The van der Waals surface area contributed by atoms with E-state index < -0.39 is 128 Å². The van der Waals surface area contributed by atoms with Crippen molar-refractivity contribution in [2.24, 2.45) is 34.5 Å². The smallest absolute Gasteiger partial charge is 0.331 e. The zero-order valence-corrected chi connectivity index (χ0v) is 39.1. The van der Waals surface area contributed by atoms with Gasteiger partial charge in [-0.15, -0.1) is 0 Å². The molecule has 0 amide bonds. The second kappa shape index (κ2) is 18.8. The lowest BCUT2D eigenvalue weighted by atomic mass is 9.43. The third kappa shape index (κ3) is 8.56. The summed E-state index contributed by atoms with van der Waals surface area (Å²) < 4.78 is 52.9. The summed E-state index contributed by atoms with van der Waals surface area (Å²) in [6.07, 6.45) is -20.1. The van der Waals surface area contributed by atoms with E-state index in [1.165, 1.54) is 20.8 Å². The zero-order chi connectivity index (χ0) is 48.2. The summed E-state index contributed by atoms with van der Waals surface area (Å²) in [4.78, 5) is 12.0. The Morgan fingerprint density at radius 2 is 1.03 bits per heavy atom. The number of aliphatic hydroxyl groups is 10. The van der Waals surface area contributed by atoms with Gasteiger partial charge in [0.25, 0.3) is 0 Å². The molecule has 0 aromatic heterocycles. The molecule has 0 aromatic rings. The molecule has 0 bridgehead atoms. The summed E-state index contributed by atoms with van der Waals surface area (Å²) in [7, 11) is 0. The summed E-state index contributed by atoms with van der Waals surface area (Å²) >= 11 is 0. The van der Waals surface area contributed by atoms with E-state index in [0.29, 0.717) is 37.7 Å². The number of aliphatic hydroxyl groups excluding tert-OH is 9. The molecule has 9 aliphatic rings. The summed E-state index contributed by atoms with van der Waals surface area (Å²) in [5.41, 5.74) is -0.202. The largest absolute Gasteiger partial charge is 0.458 e. The molecular formula is C47H74O20. The number of hydrogen-bond donors (Lipinski definition) is 10. The van der Waals surface area contributed by atoms with Crippen LogP contribution in [-0.2, 0) is 47.4 Å². The van der Waals surface area contributed by atoms with Crippen molar-refractivity contribution >= 4 is 5.97 Å². The lowest BCUT2D eigenvalue weighted by Crippen LogP contribution is -2.66. The second-order valence-electron chi connectivity index (χ2n) is 21.9. The molecule has 9 rings (SSSR count). The molecule has 4 saturated heterocycles. The van der Waals surface area contributed by atoms with Gasteiger partial charge in [-0.3, -0.25) is 0 Å². The van der Waals surface area contributed by atoms with E-state index >= 15 is 0 Å². The quantitative estimate of drug-likeness (QED) is 0.0981. The van der Waals surface area contributed by atoms with E-state index in [0.717, 1.165) is 44.1 Å². The number of fused-ring (bicyclic) bond motifs is 5. The molecule has 20 heteroatoms. The number of hydrogen-bond acceptors (Lipinski definition) is 20. The number of cyclic esters (lactones) is 1. The number of ether oxygens (including phenoxy) is 9. The van der Waals surface area contributed by atoms with E-state index in [2.05, 4.69) is 13.8 Å². The van der Waals surface area contributed by atoms with Crippen LogP contribution in [0.25, 0.3) is 0 Å². The van der Waals surface area contributed by atoms with E-state index in [4.69, 9.17) is 42.6 Å². The van der Waals surface area contributed by atoms with Crippen molar-refractivity contribution in [1.82, 2.24) is 0 Å². The molecule has 0 radical (unpaired) electrons. The Kier molecular flexibility index (Phi) is 14.2. The maximum Gasteiger partial charge on any atom is 0.331 e. The predicted octanol–water partition coefficient (Wildman–Crippen LogP) is -0.988. The summed E-state index contributed by atoms with van der Waals surface area (Å²) in [6.45, 7) is 10.9. The standard InChI is InChI=1S/C47H74O20/c1-18-29(49)33(53)34(54)41(60-18)65-39-31(51)20(3)62-43(36(39)56)67-40-32(52)21(4)63-44(37(40)57)66-38-30(50)19(2)61-42(35(38)55)64-24-9-12-45(5)23(16-24)7-8-27-26(45)10-13-46(6)25(11-14-47(27,46)58)22-15-28(48)59-17-22/h15,18-21,23-27,29-44,49-58H,7-14,16-17H2,1-6H3/t18-,19?,20?,21?,23+,24-,25+,26?,27?,29+,30-,31-,32-,33?,34?,35-,36-,37-,38-,39-,40-,41?,42?,43?,44?,45?,46?,47-/m0/s1. The Morgan fingerprint density at radius 1 is 0.537 bits per heavy atom. The van der Waals surface area contributed by atoms with E-state index in [1.807, 2.05) is 0 Å². The highest BCUT2D eigenvalue weighted by atomic mass is 16.8. The average Bonchev–Trinajstić information content (AvgIpc) is 3.84. The first-order valence-corrected chi connectivity index (χ1v) is 24.5. The van der Waals surface area contributed by atoms with Crippen LogP contribution in [0.3, 0.4) is 0 Å². The summed E-state index contributed by atoms with van der Waals surface area (Å²) in [5, 5.41) is 112. The lowest BCUT2D eigenvalue weighted by Gasteiger charge is -2.64. The van der Waals surface area contributed by atoms with Crippen molar-refractivity contribution in [3.63, 3.8) is 0 Å². The van der Waals surface area contributed by atoms with Crippen LogP contribution in [0.2, 0.25) is 0 Å². The van der Waals surface area contributed by atoms with Crippen molar-refractivity contribution < 1.29 is 98.5 Å². The molecular weight excluding hydrogens is 884 g/mol. The first-order chi connectivity index (χ1) is 31.6. The number of rotatable bonds is 9. The first-order valence-electron chi connectivity index (χ1n) is 24.5. The molecule has 4 saturated carbocycles. The van der Waals surface area contributed by atoms with Gasteiger partial charge in [0.15, 0.2) is 25.2 Å². The third-order valence-corrected chi connectivity index (χ3v) is 18.3. The maximum atomic E-state index is 12.7. The molecule has 13 unspecified atom stereocenters. The Morgan fingerprint density at radius 3 is 1.54 bits per heavy atom. The van der Waals surface area contributed by atoms with Crippen LogP contribution in [0.1, 0.15) is 99.3 Å². The normalized spacial score (nSPS) is 56.9. The Labute approximate surface area is 390 Å². The molecule has 8 fully saturated rings. The summed E-state index contributed by atoms with van der Waals surface area (Å²) in [6, 6.07) is 0. The van der Waals surface area contributed by atoms with Crippen molar-refractivity contribution in [3.05, 3.63) is 11.6 Å². The molecule has 20 nitrogen and oxygen atoms in total. The van der Waals surface area contributed by atoms with Gasteiger partial charge in [-0.05, 0) is 120 Å². The Balaban J connectivity index is 0.831. The molecule has 10 N–H and O–H groups in total.